The number of carbonyl (C=O) groups excluding carboxylic acids is 1. The van der Waals surface area contributed by atoms with Crippen molar-refractivity contribution in [2.75, 3.05) is 5.32 Å². The Balaban J connectivity index is 2.54. The Morgan fingerprint density at radius 3 is 2.61 bits per heavy atom. The quantitative estimate of drug-likeness (QED) is 0.672. The molecule has 0 bridgehead atoms. The fourth-order valence-electron chi connectivity index (χ4n) is 1.60. The zero-order valence-corrected chi connectivity index (χ0v) is 8.67. The molecule has 0 radical (unpaired) electrons. The molecule has 0 fully saturated rings. The Kier molecular flexibility index (Phi) is 2.77. The van der Waals surface area contributed by atoms with Crippen LogP contribution in [-0.4, -0.2) is 23.5 Å². The summed E-state index contributed by atoms with van der Waals surface area (Å²) in [6.45, 7) is 0. The summed E-state index contributed by atoms with van der Waals surface area (Å²) >= 11 is 0. The summed E-state index contributed by atoms with van der Waals surface area (Å²) in [4.78, 5) is 22.5. The molecule has 1 amide bonds. The second-order valence-corrected chi connectivity index (χ2v) is 3.61. The third-order valence-electron chi connectivity index (χ3n) is 2.20. The number of fused-ring (bicyclic) bond motifs is 1. The van der Waals surface area contributed by atoms with Crippen LogP contribution in [0, 0.1) is 0 Å². The highest BCUT2D eigenvalue weighted by Gasteiger charge is 2.34. The van der Waals surface area contributed by atoms with Crippen LogP contribution < -0.4 is 16.3 Å². The number of carbonyl (C=O) groups is 1. The van der Waals surface area contributed by atoms with E-state index in [2.05, 4.69) is 9.73 Å². The molecule has 1 atom stereocenters. The summed E-state index contributed by atoms with van der Waals surface area (Å²) in [5.41, 5.74) is -1.98. The molecule has 18 heavy (non-hydrogen) atoms. The summed E-state index contributed by atoms with van der Waals surface area (Å²) < 4.78 is 41.5. The molecule has 2 heterocycles. The van der Waals surface area contributed by atoms with E-state index >= 15 is 0 Å². The molecule has 0 aliphatic carbocycles. The van der Waals surface area contributed by atoms with Gasteiger partial charge in [-0.25, -0.2) is 4.79 Å². The summed E-state index contributed by atoms with van der Waals surface area (Å²) in [6, 6.07) is 0.602. The first-order valence-corrected chi connectivity index (χ1v) is 4.75. The van der Waals surface area contributed by atoms with E-state index in [1.165, 1.54) is 0 Å². The van der Waals surface area contributed by atoms with Gasteiger partial charge in [-0.05, 0) is 5.56 Å². The molecule has 0 saturated heterocycles. The van der Waals surface area contributed by atoms with Gasteiger partial charge in [-0.3, -0.25) is 4.79 Å². The summed E-state index contributed by atoms with van der Waals surface area (Å²) in [6.07, 6.45) is -7.53. The van der Waals surface area contributed by atoms with Gasteiger partial charge in [0.2, 0.25) is 12.2 Å². The van der Waals surface area contributed by atoms with Crippen molar-refractivity contribution in [1.82, 2.24) is 5.32 Å². The molecule has 3 N–H and O–H groups in total. The van der Waals surface area contributed by atoms with Crippen molar-refractivity contribution in [3.63, 3.8) is 0 Å². The lowest BCUT2D eigenvalue weighted by Gasteiger charge is -2.23. The number of anilines is 1. The number of amides is 1. The van der Waals surface area contributed by atoms with Crippen LogP contribution in [-0.2, 0) is 6.42 Å². The van der Waals surface area contributed by atoms with E-state index in [0.717, 1.165) is 0 Å². The van der Waals surface area contributed by atoms with E-state index in [4.69, 9.17) is 5.11 Å². The number of rotatable bonds is 1. The highest BCUT2D eigenvalue weighted by Crippen LogP contribution is 2.27. The molecule has 1 unspecified atom stereocenters. The Bertz CT molecular complexity index is 552. The van der Waals surface area contributed by atoms with Gasteiger partial charge >= 0.3 is 11.8 Å². The van der Waals surface area contributed by atoms with Crippen molar-refractivity contribution in [2.45, 2.75) is 18.9 Å². The van der Waals surface area contributed by atoms with Crippen molar-refractivity contribution in [3.05, 3.63) is 27.6 Å². The Morgan fingerprint density at radius 1 is 1.33 bits per heavy atom. The number of halogens is 3. The van der Waals surface area contributed by atoms with Gasteiger partial charge in [0.05, 0.1) is 6.42 Å². The van der Waals surface area contributed by atoms with Gasteiger partial charge in [-0.1, -0.05) is 0 Å². The molecule has 1 aromatic heterocycles. The highest BCUT2D eigenvalue weighted by molar-refractivity contribution is 6.01. The Morgan fingerprint density at radius 2 is 2.00 bits per heavy atom. The predicted octanol–water partition coefficient (Wildman–Crippen LogP) is 0.176. The lowest BCUT2D eigenvalue weighted by atomic mass is 10.0. The third-order valence-corrected chi connectivity index (χ3v) is 2.20. The normalized spacial score (nSPS) is 18.9. The van der Waals surface area contributed by atoms with Crippen LogP contribution in [0.5, 0.6) is 0 Å². The number of aliphatic hydroxyl groups excluding tert-OH is 1. The van der Waals surface area contributed by atoms with Crippen LogP contribution in [0.15, 0.2) is 15.3 Å². The first kappa shape index (κ1) is 12.4. The van der Waals surface area contributed by atoms with Crippen LogP contribution in [0.1, 0.15) is 15.9 Å². The average molecular weight is 264 g/mol. The number of aliphatic hydroxyl groups is 1. The van der Waals surface area contributed by atoms with E-state index in [-0.39, 0.29) is 0 Å². The van der Waals surface area contributed by atoms with E-state index in [1.807, 2.05) is 5.32 Å². The van der Waals surface area contributed by atoms with Crippen molar-refractivity contribution in [3.8, 4) is 0 Å². The van der Waals surface area contributed by atoms with Gasteiger partial charge in [0.25, 0.3) is 5.91 Å². The van der Waals surface area contributed by atoms with Crippen LogP contribution in [0.2, 0.25) is 0 Å². The van der Waals surface area contributed by atoms with E-state index < -0.39 is 47.5 Å². The smallest absolute Gasteiger partial charge is 0.393 e. The molecule has 98 valence electrons. The molecule has 9 heteroatoms. The first-order valence-electron chi connectivity index (χ1n) is 4.75. The maximum Gasteiger partial charge on any atom is 0.393 e. The molecule has 0 aromatic carbocycles. The lowest BCUT2D eigenvalue weighted by Crippen LogP contribution is -2.45. The monoisotopic (exact) mass is 264 g/mol. The first-order chi connectivity index (χ1) is 8.26. The third kappa shape index (κ3) is 2.45. The van der Waals surface area contributed by atoms with Gasteiger partial charge in [-0.2, -0.15) is 13.2 Å². The number of hydrogen-bond acceptors (Lipinski definition) is 5. The minimum Gasteiger partial charge on any atom is -0.406 e. The fourth-order valence-corrected chi connectivity index (χ4v) is 1.60. The molecule has 1 aliphatic heterocycles. The SMILES string of the molecule is O=C1NC(O)Nc2oc(=O)cc(CC(F)(F)F)c21. The fraction of sp³-hybridized carbons (Fsp3) is 0.333. The largest absolute Gasteiger partial charge is 0.406 e. The number of alkyl halides is 3. The minimum absolute atomic E-state index is 0.433. The van der Waals surface area contributed by atoms with E-state index in [9.17, 15) is 22.8 Å². The Labute approximate surface area is 97.4 Å². The van der Waals surface area contributed by atoms with Gasteiger partial charge < -0.3 is 20.2 Å². The van der Waals surface area contributed by atoms with Crippen LogP contribution in [0.25, 0.3) is 0 Å². The lowest BCUT2D eigenvalue weighted by molar-refractivity contribution is -0.127. The highest BCUT2D eigenvalue weighted by atomic mass is 19.4. The van der Waals surface area contributed by atoms with Crippen molar-refractivity contribution < 1.29 is 27.5 Å². The second-order valence-electron chi connectivity index (χ2n) is 3.61. The van der Waals surface area contributed by atoms with Crippen LogP contribution in [0.4, 0.5) is 19.1 Å². The van der Waals surface area contributed by atoms with E-state index in [0.29, 0.717) is 6.07 Å². The molecular formula is C9H7F3N2O4. The zero-order chi connectivity index (χ0) is 13.5. The van der Waals surface area contributed by atoms with E-state index in [1.54, 1.807) is 0 Å². The maximum absolute atomic E-state index is 12.3. The standard InChI is InChI=1S/C9H7F3N2O4/c10-9(11,12)2-3-1-4(15)18-7-5(3)6(16)13-8(17)14-7/h1,8,14,17H,2H2,(H,13,16). The maximum atomic E-state index is 12.3. The Hall–Kier alpha value is -2.03. The average Bonchev–Trinajstić information content (AvgIpc) is 2.11. The van der Waals surface area contributed by atoms with Gasteiger partial charge in [0, 0.05) is 6.07 Å². The predicted molar refractivity (Wildman–Crippen MR) is 51.8 cm³/mol. The van der Waals surface area contributed by atoms with Crippen molar-refractivity contribution in [1.29, 1.82) is 0 Å². The van der Waals surface area contributed by atoms with Crippen molar-refractivity contribution in [2.24, 2.45) is 0 Å². The summed E-state index contributed by atoms with van der Waals surface area (Å²) in [7, 11) is 0. The molecule has 1 aromatic rings. The molecule has 1 aliphatic rings. The molecule has 0 spiro atoms. The molecule has 0 saturated carbocycles. The minimum atomic E-state index is -4.57. The van der Waals surface area contributed by atoms with Gasteiger partial charge in [0.1, 0.15) is 5.56 Å². The van der Waals surface area contributed by atoms with Gasteiger partial charge in [0.15, 0.2) is 0 Å². The number of hydrogen-bond donors (Lipinski definition) is 3. The summed E-state index contributed by atoms with van der Waals surface area (Å²) in [5, 5.41) is 13.2. The number of nitrogens with one attached hydrogen (secondary N) is 2. The molecular weight excluding hydrogens is 257 g/mol. The second kappa shape index (κ2) is 4.02. The molecule has 6 nitrogen and oxygen atoms in total. The van der Waals surface area contributed by atoms with Gasteiger partial charge in [-0.15, -0.1) is 0 Å². The summed E-state index contributed by atoms with van der Waals surface area (Å²) in [5.74, 6) is -1.42. The van der Waals surface area contributed by atoms with Crippen molar-refractivity contribution >= 4 is 11.8 Å². The van der Waals surface area contributed by atoms with Crippen LogP contribution in [0.3, 0.4) is 0 Å². The van der Waals surface area contributed by atoms with Crippen LogP contribution >= 0.6 is 0 Å². The topological polar surface area (TPSA) is 91.6 Å². The zero-order valence-electron chi connectivity index (χ0n) is 8.67. The molecule has 2 rings (SSSR count).